The van der Waals surface area contributed by atoms with Crippen LogP contribution in [0.3, 0.4) is 0 Å². The van der Waals surface area contributed by atoms with Crippen molar-refractivity contribution in [3.8, 4) is 0 Å². The SMILES string of the molecule is CC(C)c1c(Cl)ncnc1N1CCCSCC1. The molecule has 0 amide bonds. The van der Waals surface area contributed by atoms with Crippen LogP contribution in [0.25, 0.3) is 0 Å². The van der Waals surface area contributed by atoms with Gasteiger partial charge in [-0.15, -0.1) is 0 Å². The van der Waals surface area contributed by atoms with Gasteiger partial charge in [-0.25, -0.2) is 9.97 Å². The van der Waals surface area contributed by atoms with E-state index in [9.17, 15) is 0 Å². The second-order valence-corrected chi connectivity index (χ2v) is 6.09. The zero-order valence-corrected chi connectivity index (χ0v) is 11.9. The predicted molar refractivity (Wildman–Crippen MR) is 75.3 cm³/mol. The molecule has 0 atom stereocenters. The smallest absolute Gasteiger partial charge is 0.138 e. The second kappa shape index (κ2) is 5.91. The van der Waals surface area contributed by atoms with Crippen LogP contribution in [0.1, 0.15) is 31.7 Å². The lowest BCUT2D eigenvalue weighted by Gasteiger charge is -2.25. The first kappa shape index (κ1) is 13.0. The fourth-order valence-electron chi connectivity index (χ4n) is 2.07. The van der Waals surface area contributed by atoms with Crippen molar-refractivity contribution in [2.45, 2.75) is 26.2 Å². The highest BCUT2D eigenvalue weighted by Crippen LogP contribution is 2.31. The molecule has 2 heterocycles. The van der Waals surface area contributed by atoms with Crippen molar-refractivity contribution in [3.63, 3.8) is 0 Å². The Morgan fingerprint density at radius 2 is 2.12 bits per heavy atom. The van der Waals surface area contributed by atoms with Crippen molar-refractivity contribution < 1.29 is 0 Å². The Labute approximate surface area is 112 Å². The fraction of sp³-hybridized carbons (Fsp3) is 0.667. The molecular weight excluding hydrogens is 254 g/mol. The molecular formula is C12H18ClN3S. The lowest BCUT2D eigenvalue weighted by molar-refractivity contribution is 0.766. The van der Waals surface area contributed by atoms with E-state index in [2.05, 4.69) is 28.7 Å². The zero-order chi connectivity index (χ0) is 12.3. The molecule has 3 nitrogen and oxygen atoms in total. The molecule has 0 saturated carbocycles. The van der Waals surface area contributed by atoms with E-state index in [1.165, 1.54) is 17.9 Å². The summed E-state index contributed by atoms with van der Waals surface area (Å²) in [4.78, 5) is 10.9. The van der Waals surface area contributed by atoms with Gasteiger partial charge in [0, 0.05) is 24.4 Å². The van der Waals surface area contributed by atoms with E-state index in [1.807, 2.05) is 11.8 Å². The molecule has 1 aliphatic rings. The number of rotatable bonds is 2. The summed E-state index contributed by atoms with van der Waals surface area (Å²) in [5.74, 6) is 3.79. The Bertz CT molecular complexity index is 376. The van der Waals surface area contributed by atoms with Crippen LogP contribution >= 0.6 is 23.4 Å². The summed E-state index contributed by atoms with van der Waals surface area (Å²) in [6.45, 7) is 6.40. The lowest BCUT2D eigenvalue weighted by atomic mass is 10.1. The Kier molecular flexibility index (Phi) is 4.51. The summed E-state index contributed by atoms with van der Waals surface area (Å²) in [7, 11) is 0. The number of hydrogen-bond acceptors (Lipinski definition) is 4. The molecule has 0 aliphatic carbocycles. The van der Waals surface area contributed by atoms with Gasteiger partial charge < -0.3 is 4.90 Å². The first-order valence-electron chi connectivity index (χ1n) is 6.03. The second-order valence-electron chi connectivity index (χ2n) is 4.51. The third-order valence-electron chi connectivity index (χ3n) is 2.91. The molecule has 2 rings (SSSR count). The van der Waals surface area contributed by atoms with Gasteiger partial charge in [0.15, 0.2) is 0 Å². The molecule has 0 aromatic carbocycles. The van der Waals surface area contributed by atoms with E-state index >= 15 is 0 Å². The van der Waals surface area contributed by atoms with Crippen LogP contribution in [0.4, 0.5) is 5.82 Å². The molecule has 1 aliphatic heterocycles. The monoisotopic (exact) mass is 271 g/mol. The molecule has 0 radical (unpaired) electrons. The summed E-state index contributed by atoms with van der Waals surface area (Å²) in [5.41, 5.74) is 1.08. The van der Waals surface area contributed by atoms with E-state index in [-0.39, 0.29) is 0 Å². The van der Waals surface area contributed by atoms with Crippen LogP contribution in [0, 0.1) is 0 Å². The zero-order valence-electron chi connectivity index (χ0n) is 10.3. The largest absolute Gasteiger partial charge is 0.355 e. The minimum Gasteiger partial charge on any atom is -0.355 e. The Balaban J connectivity index is 2.32. The minimum absolute atomic E-state index is 0.356. The molecule has 94 valence electrons. The summed E-state index contributed by atoms with van der Waals surface area (Å²) in [5, 5.41) is 0.599. The molecule has 1 saturated heterocycles. The van der Waals surface area contributed by atoms with E-state index in [4.69, 9.17) is 11.6 Å². The Morgan fingerprint density at radius 3 is 2.88 bits per heavy atom. The van der Waals surface area contributed by atoms with Crippen molar-refractivity contribution in [1.82, 2.24) is 9.97 Å². The van der Waals surface area contributed by atoms with Crippen molar-refractivity contribution in [2.75, 3.05) is 29.5 Å². The third kappa shape index (κ3) is 3.05. The number of hydrogen-bond donors (Lipinski definition) is 0. The summed E-state index contributed by atoms with van der Waals surface area (Å²) in [6, 6.07) is 0. The topological polar surface area (TPSA) is 29.0 Å². The Morgan fingerprint density at radius 1 is 1.29 bits per heavy atom. The van der Waals surface area contributed by atoms with Crippen LogP contribution in [0.15, 0.2) is 6.33 Å². The standard InChI is InChI=1S/C12H18ClN3S/c1-9(2)10-11(13)14-8-15-12(10)16-4-3-6-17-7-5-16/h8-9H,3-7H2,1-2H3. The van der Waals surface area contributed by atoms with Crippen molar-refractivity contribution in [2.24, 2.45) is 0 Å². The number of anilines is 1. The highest BCUT2D eigenvalue weighted by Gasteiger charge is 2.19. The predicted octanol–water partition coefficient (Wildman–Crippen LogP) is 3.20. The minimum atomic E-state index is 0.356. The maximum atomic E-state index is 6.20. The van der Waals surface area contributed by atoms with Gasteiger partial charge in [0.1, 0.15) is 17.3 Å². The van der Waals surface area contributed by atoms with Crippen LogP contribution in [0.5, 0.6) is 0 Å². The lowest BCUT2D eigenvalue weighted by Crippen LogP contribution is -2.28. The van der Waals surface area contributed by atoms with Gasteiger partial charge in [-0.05, 0) is 18.1 Å². The van der Waals surface area contributed by atoms with Crippen molar-refractivity contribution in [3.05, 3.63) is 17.0 Å². The van der Waals surface area contributed by atoms with Gasteiger partial charge in [0.2, 0.25) is 0 Å². The third-order valence-corrected chi connectivity index (χ3v) is 4.26. The van der Waals surface area contributed by atoms with E-state index < -0.39 is 0 Å². The van der Waals surface area contributed by atoms with Gasteiger partial charge >= 0.3 is 0 Å². The maximum Gasteiger partial charge on any atom is 0.138 e. The van der Waals surface area contributed by atoms with E-state index in [0.717, 1.165) is 24.5 Å². The van der Waals surface area contributed by atoms with Crippen LogP contribution in [0.2, 0.25) is 5.15 Å². The summed E-state index contributed by atoms with van der Waals surface area (Å²) in [6.07, 6.45) is 2.78. The molecule has 1 aromatic heterocycles. The highest BCUT2D eigenvalue weighted by molar-refractivity contribution is 7.99. The number of nitrogens with zero attached hydrogens (tertiary/aromatic N) is 3. The molecule has 0 spiro atoms. The van der Waals surface area contributed by atoms with Crippen molar-refractivity contribution >= 4 is 29.2 Å². The quantitative estimate of drug-likeness (QED) is 0.773. The molecule has 17 heavy (non-hydrogen) atoms. The summed E-state index contributed by atoms with van der Waals surface area (Å²) >= 11 is 8.22. The molecule has 0 unspecified atom stereocenters. The number of thioether (sulfide) groups is 1. The number of aromatic nitrogens is 2. The molecule has 1 fully saturated rings. The highest BCUT2D eigenvalue weighted by atomic mass is 35.5. The van der Waals surface area contributed by atoms with Gasteiger partial charge in [-0.2, -0.15) is 11.8 Å². The van der Waals surface area contributed by atoms with Crippen molar-refractivity contribution in [1.29, 1.82) is 0 Å². The average Bonchev–Trinajstić information content (AvgIpc) is 2.56. The summed E-state index contributed by atoms with van der Waals surface area (Å²) < 4.78 is 0. The number of halogens is 1. The van der Waals surface area contributed by atoms with E-state index in [1.54, 1.807) is 6.33 Å². The van der Waals surface area contributed by atoms with Gasteiger partial charge in [0.05, 0.1) is 0 Å². The Hall–Kier alpha value is -0.480. The maximum absolute atomic E-state index is 6.20. The molecule has 0 N–H and O–H groups in total. The van der Waals surface area contributed by atoms with Crippen LogP contribution in [-0.4, -0.2) is 34.6 Å². The molecule has 5 heteroatoms. The fourth-order valence-corrected chi connectivity index (χ4v) is 3.31. The van der Waals surface area contributed by atoms with Gasteiger partial charge in [-0.1, -0.05) is 25.4 Å². The van der Waals surface area contributed by atoms with Crippen LogP contribution < -0.4 is 4.90 Å². The van der Waals surface area contributed by atoms with Crippen LogP contribution in [-0.2, 0) is 0 Å². The first-order valence-corrected chi connectivity index (χ1v) is 7.56. The average molecular weight is 272 g/mol. The normalized spacial score (nSPS) is 17.3. The molecule has 1 aromatic rings. The van der Waals surface area contributed by atoms with Gasteiger partial charge in [0.25, 0.3) is 0 Å². The van der Waals surface area contributed by atoms with Gasteiger partial charge in [-0.3, -0.25) is 0 Å². The van der Waals surface area contributed by atoms with E-state index in [0.29, 0.717) is 11.1 Å². The first-order chi connectivity index (χ1) is 8.20. The molecule has 0 bridgehead atoms.